The number of H-pyrrole nitrogens is 1. The van der Waals surface area contributed by atoms with E-state index in [0.29, 0.717) is 16.0 Å². The Hall–Kier alpha value is -2.99. The number of carbonyl (C=O) groups excluding carboxylic acids is 1. The minimum atomic E-state index is -0.293. The van der Waals surface area contributed by atoms with Crippen molar-refractivity contribution in [2.24, 2.45) is 0 Å². The quantitative estimate of drug-likeness (QED) is 0.586. The summed E-state index contributed by atoms with van der Waals surface area (Å²) in [5.74, 6) is 0.527. The van der Waals surface area contributed by atoms with E-state index in [4.69, 9.17) is 0 Å². The number of aryl methyl sites for hydroxylation is 1. The van der Waals surface area contributed by atoms with E-state index >= 15 is 0 Å². The molecular weight excluding hydrogens is 322 g/mol. The van der Waals surface area contributed by atoms with Crippen molar-refractivity contribution in [3.63, 3.8) is 0 Å². The molecule has 0 saturated carbocycles. The Morgan fingerprint density at radius 1 is 1.17 bits per heavy atom. The summed E-state index contributed by atoms with van der Waals surface area (Å²) >= 11 is 0.954. The average molecular weight is 335 g/mol. The summed E-state index contributed by atoms with van der Waals surface area (Å²) in [4.78, 5) is 32.5. The number of hydrogen-bond donors (Lipinski definition) is 2. The second-order valence-electron chi connectivity index (χ2n) is 5.49. The number of amides is 1. The average Bonchev–Trinajstić information content (AvgIpc) is 2.94. The highest BCUT2D eigenvalue weighted by Gasteiger charge is 2.11. The van der Waals surface area contributed by atoms with Crippen molar-refractivity contribution in [3.05, 3.63) is 68.8 Å². The van der Waals surface area contributed by atoms with Crippen LogP contribution >= 0.6 is 11.3 Å². The normalized spacial score (nSPS) is 11.0. The third-order valence-corrected chi connectivity index (χ3v) is 4.68. The van der Waals surface area contributed by atoms with E-state index in [1.54, 1.807) is 18.2 Å². The second kappa shape index (κ2) is 5.58. The summed E-state index contributed by atoms with van der Waals surface area (Å²) < 4.78 is -0.113. The Bertz CT molecular complexity index is 1140. The van der Waals surface area contributed by atoms with Gasteiger partial charge in [-0.3, -0.25) is 9.59 Å². The van der Waals surface area contributed by atoms with E-state index in [0.717, 1.165) is 33.6 Å². The summed E-state index contributed by atoms with van der Waals surface area (Å²) in [6.07, 6.45) is 0. The number of carbonyl (C=O) groups is 1. The fourth-order valence-electron chi connectivity index (χ4n) is 2.65. The molecule has 0 unspecified atom stereocenters. The number of nitrogens with zero attached hydrogens (tertiary/aromatic N) is 1. The molecule has 2 heterocycles. The van der Waals surface area contributed by atoms with Gasteiger partial charge in [-0.15, -0.1) is 0 Å². The maximum atomic E-state index is 12.5. The first-order valence-corrected chi connectivity index (χ1v) is 8.22. The Kier molecular flexibility index (Phi) is 3.39. The van der Waals surface area contributed by atoms with E-state index in [-0.39, 0.29) is 10.6 Å². The van der Waals surface area contributed by atoms with Gasteiger partial charge in [0.1, 0.15) is 5.82 Å². The zero-order valence-electron chi connectivity index (χ0n) is 12.8. The highest BCUT2D eigenvalue weighted by atomic mass is 32.1. The molecule has 0 aliphatic carbocycles. The Labute approximate surface area is 141 Å². The number of benzene rings is 2. The van der Waals surface area contributed by atoms with Gasteiger partial charge >= 0.3 is 0 Å². The van der Waals surface area contributed by atoms with E-state index in [1.165, 1.54) is 0 Å². The standard InChI is InChI=1S/C18H13N3O2S/c1-10-19-14-7-6-12(9-15(14)20-10)21-17(22)16-8-11-4-2-3-5-13(11)18(23)24-16/h2-9H,1H3,(H,19,20)(H,21,22). The molecule has 0 atom stereocenters. The predicted molar refractivity (Wildman–Crippen MR) is 96.9 cm³/mol. The van der Waals surface area contributed by atoms with Crippen LogP contribution < -0.4 is 10.1 Å². The summed E-state index contributed by atoms with van der Waals surface area (Å²) in [5, 5.41) is 4.24. The number of hydrogen-bond acceptors (Lipinski definition) is 4. The van der Waals surface area contributed by atoms with Crippen molar-refractivity contribution in [2.75, 3.05) is 5.32 Å². The van der Waals surface area contributed by atoms with Gasteiger partial charge in [0.2, 0.25) is 4.74 Å². The van der Waals surface area contributed by atoms with Gasteiger partial charge in [0.05, 0.1) is 15.9 Å². The number of anilines is 1. The van der Waals surface area contributed by atoms with Crippen LogP contribution in [0, 0.1) is 6.92 Å². The molecule has 118 valence electrons. The number of rotatable bonds is 2. The van der Waals surface area contributed by atoms with Gasteiger partial charge in [0.25, 0.3) is 5.91 Å². The summed E-state index contributed by atoms with van der Waals surface area (Å²) in [6, 6.07) is 14.5. The van der Waals surface area contributed by atoms with Gasteiger partial charge in [0, 0.05) is 11.1 Å². The summed E-state index contributed by atoms with van der Waals surface area (Å²) in [5.41, 5.74) is 2.36. The minimum Gasteiger partial charge on any atom is -0.342 e. The van der Waals surface area contributed by atoms with Gasteiger partial charge in [-0.05, 0) is 42.6 Å². The van der Waals surface area contributed by atoms with Crippen LogP contribution in [0.1, 0.15) is 15.5 Å². The smallest absolute Gasteiger partial charge is 0.265 e. The van der Waals surface area contributed by atoms with Crippen LogP contribution in [0.2, 0.25) is 0 Å². The van der Waals surface area contributed by atoms with Crippen LogP contribution in [-0.4, -0.2) is 15.9 Å². The molecule has 2 N–H and O–H groups in total. The van der Waals surface area contributed by atoms with Crippen LogP contribution in [0.4, 0.5) is 5.69 Å². The summed E-state index contributed by atoms with van der Waals surface area (Å²) in [7, 11) is 0. The molecule has 24 heavy (non-hydrogen) atoms. The molecule has 0 radical (unpaired) electrons. The predicted octanol–water partition coefficient (Wildman–Crippen LogP) is 3.70. The maximum Gasteiger partial charge on any atom is 0.265 e. The van der Waals surface area contributed by atoms with Crippen molar-refractivity contribution < 1.29 is 4.79 Å². The van der Waals surface area contributed by atoms with Gasteiger partial charge in [0.15, 0.2) is 0 Å². The van der Waals surface area contributed by atoms with Crippen molar-refractivity contribution in [3.8, 4) is 0 Å². The lowest BCUT2D eigenvalue weighted by molar-refractivity contribution is 0.103. The first-order chi connectivity index (χ1) is 11.6. The zero-order valence-corrected chi connectivity index (χ0v) is 13.6. The minimum absolute atomic E-state index is 0.113. The number of nitrogens with one attached hydrogen (secondary N) is 2. The second-order valence-corrected chi connectivity index (χ2v) is 6.51. The third kappa shape index (κ3) is 2.57. The summed E-state index contributed by atoms with van der Waals surface area (Å²) in [6.45, 7) is 1.88. The van der Waals surface area contributed by atoms with Gasteiger partial charge in [-0.1, -0.05) is 29.5 Å². The SMILES string of the molecule is Cc1nc2ccc(NC(=O)c3cc4ccccc4c(=O)s3)cc2[nH]1. The number of imidazole rings is 1. The molecular formula is C18H13N3O2S. The number of fused-ring (bicyclic) bond motifs is 2. The lowest BCUT2D eigenvalue weighted by Gasteiger charge is -2.05. The number of aromatic amines is 1. The lowest BCUT2D eigenvalue weighted by Crippen LogP contribution is -2.12. The van der Waals surface area contributed by atoms with E-state index in [9.17, 15) is 9.59 Å². The molecule has 4 aromatic rings. The molecule has 1 amide bonds. The van der Waals surface area contributed by atoms with E-state index in [2.05, 4.69) is 15.3 Å². The molecule has 4 rings (SSSR count). The van der Waals surface area contributed by atoms with Gasteiger partial charge in [-0.2, -0.15) is 0 Å². The van der Waals surface area contributed by atoms with E-state index in [1.807, 2.05) is 37.3 Å². The highest BCUT2D eigenvalue weighted by molar-refractivity contribution is 7.12. The van der Waals surface area contributed by atoms with Crippen molar-refractivity contribution in [2.45, 2.75) is 6.92 Å². The largest absolute Gasteiger partial charge is 0.342 e. The first kappa shape index (κ1) is 14.6. The maximum absolute atomic E-state index is 12.5. The Morgan fingerprint density at radius 3 is 2.88 bits per heavy atom. The monoisotopic (exact) mass is 335 g/mol. The zero-order chi connectivity index (χ0) is 16.7. The van der Waals surface area contributed by atoms with Crippen LogP contribution in [-0.2, 0) is 0 Å². The number of aromatic nitrogens is 2. The van der Waals surface area contributed by atoms with Gasteiger partial charge < -0.3 is 10.3 Å². The topological polar surface area (TPSA) is 74.8 Å². The van der Waals surface area contributed by atoms with Crippen LogP contribution in [0.3, 0.4) is 0 Å². The van der Waals surface area contributed by atoms with Crippen molar-refractivity contribution in [1.82, 2.24) is 9.97 Å². The van der Waals surface area contributed by atoms with Crippen molar-refractivity contribution in [1.29, 1.82) is 0 Å². The molecule has 6 heteroatoms. The fraction of sp³-hybridized carbons (Fsp3) is 0.0556. The molecule has 2 aromatic carbocycles. The molecule has 2 aromatic heterocycles. The van der Waals surface area contributed by atoms with Gasteiger partial charge in [-0.25, -0.2) is 4.98 Å². The van der Waals surface area contributed by atoms with Crippen LogP contribution in [0.5, 0.6) is 0 Å². The Balaban J connectivity index is 1.68. The molecule has 0 aliphatic rings. The molecule has 0 saturated heterocycles. The molecule has 0 fully saturated rings. The van der Waals surface area contributed by atoms with Crippen LogP contribution in [0.25, 0.3) is 21.8 Å². The highest BCUT2D eigenvalue weighted by Crippen LogP contribution is 2.20. The lowest BCUT2D eigenvalue weighted by atomic mass is 10.2. The fourth-order valence-corrected chi connectivity index (χ4v) is 3.48. The van der Waals surface area contributed by atoms with Crippen LogP contribution in [0.15, 0.2) is 53.3 Å². The third-order valence-electron chi connectivity index (χ3n) is 3.75. The molecule has 0 aliphatic heterocycles. The van der Waals surface area contributed by atoms with Crippen molar-refractivity contribution >= 4 is 44.7 Å². The first-order valence-electron chi connectivity index (χ1n) is 7.41. The molecule has 0 bridgehead atoms. The molecule has 5 nitrogen and oxygen atoms in total. The molecule has 0 spiro atoms. The Morgan fingerprint density at radius 2 is 2.00 bits per heavy atom. The van der Waals surface area contributed by atoms with E-state index < -0.39 is 0 Å².